The van der Waals surface area contributed by atoms with Gasteiger partial charge in [0.05, 0.1) is 13.2 Å². The summed E-state index contributed by atoms with van der Waals surface area (Å²) in [6.07, 6.45) is 4.00. The summed E-state index contributed by atoms with van der Waals surface area (Å²) in [5.41, 5.74) is 1.31. The van der Waals surface area contributed by atoms with Crippen molar-refractivity contribution in [2.45, 2.75) is 46.1 Å². The van der Waals surface area contributed by atoms with Gasteiger partial charge in [-0.3, -0.25) is 0 Å². The highest BCUT2D eigenvalue weighted by Crippen LogP contribution is 2.41. The molecule has 0 saturated heterocycles. The summed E-state index contributed by atoms with van der Waals surface area (Å²) in [4.78, 5) is 0. The van der Waals surface area contributed by atoms with Crippen LogP contribution in [-0.2, 0) is 0 Å². The van der Waals surface area contributed by atoms with Gasteiger partial charge in [-0.25, -0.2) is 0 Å². The van der Waals surface area contributed by atoms with E-state index in [1.807, 2.05) is 19.9 Å². The average molecular weight is 291 g/mol. The quantitative estimate of drug-likeness (QED) is 0.817. The van der Waals surface area contributed by atoms with Gasteiger partial charge in [-0.15, -0.1) is 0 Å². The van der Waals surface area contributed by atoms with Gasteiger partial charge in [-0.1, -0.05) is 25.8 Å². The van der Waals surface area contributed by atoms with Gasteiger partial charge in [0, 0.05) is 6.04 Å². The molecule has 3 unspecified atom stereocenters. The number of ether oxygens (including phenoxy) is 2. The second-order valence-electron chi connectivity index (χ2n) is 5.91. The van der Waals surface area contributed by atoms with E-state index in [1.54, 1.807) is 0 Å². The fourth-order valence-electron chi connectivity index (χ4n) is 3.56. The van der Waals surface area contributed by atoms with Gasteiger partial charge in [0.25, 0.3) is 0 Å². The van der Waals surface area contributed by atoms with Crippen LogP contribution in [0.1, 0.15) is 51.6 Å². The predicted molar refractivity (Wildman–Crippen MR) is 87.1 cm³/mol. The summed E-state index contributed by atoms with van der Waals surface area (Å²) in [5, 5.41) is 3.52. The SMILES string of the molecule is CCOc1ccc(C(NC)C2CCCC2C)cc1OCC. The van der Waals surface area contributed by atoms with Gasteiger partial charge in [0.2, 0.25) is 0 Å². The fraction of sp³-hybridized carbons (Fsp3) is 0.667. The number of rotatable bonds is 7. The van der Waals surface area contributed by atoms with Gasteiger partial charge >= 0.3 is 0 Å². The van der Waals surface area contributed by atoms with Crippen LogP contribution in [0.25, 0.3) is 0 Å². The molecule has 0 aromatic heterocycles. The molecule has 3 atom stereocenters. The molecule has 1 fully saturated rings. The van der Waals surface area contributed by atoms with E-state index in [0.29, 0.717) is 25.2 Å². The molecule has 0 spiro atoms. The molecule has 0 bridgehead atoms. The first-order valence-electron chi connectivity index (χ1n) is 8.28. The largest absolute Gasteiger partial charge is 0.490 e. The van der Waals surface area contributed by atoms with Crippen molar-refractivity contribution in [2.24, 2.45) is 11.8 Å². The van der Waals surface area contributed by atoms with Crippen LogP contribution in [-0.4, -0.2) is 20.3 Å². The third-order valence-electron chi connectivity index (χ3n) is 4.59. The number of nitrogens with one attached hydrogen (secondary N) is 1. The molecule has 1 aromatic rings. The van der Waals surface area contributed by atoms with Crippen LogP contribution in [0.5, 0.6) is 11.5 Å². The van der Waals surface area contributed by atoms with Crippen LogP contribution in [0, 0.1) is 11.8 Å². The third kappa shape index (κ3) is 3.70. The second-order valence-corrected chi connectivity index (χ2v) is 5.91. The Morgan fingerprint density at radius 3 is 2.43 bits per heavy atom. The highest BCUT2D eigenvalue weighted by atomic mass is 16.5. The maximum atomic E-state index is 5.76. The summed E-state index contributed by atoms with van der Waals surface area (Å²) in [7, 11) is 2.06. The van der Waals surface area contributed by atoms with Crippen molar-refractivity contribution in [1.82, 2.24) is 5.32 Å². The first-order valence-corrected chi connectivity index (χ1v) is 8.28. The molecule has 0 aliphatic heterocycles. The first-order chi connectivity index (χ1) is 10.2. The molecular weight excluding hydrogens is 262 g/mol. The van der Waals surface area contributed by atoms with Gasteiger partial charge < -0.3 is 14.8 Å². The van der Waals surface area contributed by atoms with Gasteiger partial charge in [0.15, 0.2) is 11.5 Å². The third-order valence-corrected chi connectivity index (χ3v) is 4.59. The van der Waals surface area contributed by atoms with Crippen molar-refractivity contribution in [2.75, 3.05) is 20.3 Å². The fourth-order valence-corrected chi connectivity index (χ4v) is 3.56. The van der Waals surface area contributed by atoms with Crippen LogP contribution < -0.4 is 14.8 Å². The molecule has 1 N–H and O–H groups in total. The molecule has 3 nitrogen and oxygen atoms in total. The zero-order valence-corrected chi connectivity index (χ0v) is 13.8. The molecule has 1 aliphatic rings. The molecule has 21 heavy (non-hydrogen) atoms. The molecule has 0 heterocycles. The summed E-state index contributed by atoms with van der Waals surface area (Å²) < 4.78 is 11.4. The van der Waals surface area contributed by atoms with Crippen molar-refractivity contribution in [3.8, 4) is 11.5 Å². The Bertz CT molecular complexity index is 447. The zero-order chi connectivity index (χ0) is 15.2. The minimum Gasteiger partial charge on any atom is -0.490 e. The molecule has 2 rings (SSSR count). The molecule has 0 radical (unpaired) electrons. The van der Waals surface area contributed by atoms with Crippen LogP contribution >= 0.6 is 0 Å². The molecule has 1 aliphatic carbocycles. The minimum atomic E-state index is 0.400. The average Bonchev–Trinajstić information content (AvgIpc) is 2.89. The second kappa shape index (κ2) is 7.69. The molecule has 0 amide bonds. The van der Waals surface area contributed by atoms with E-state index in [1.165, 1.54) is 24.8 Å². The van der Waals surface area contributed by atoms with E-state index in [9.17, 15) is 0 Å². The maximum Gasteiger partial charge on any atom is 0.161 e. The summed E-state index contributed by atoms with van der Waals surface area (Å²) in [5.74, 6) is 3.20. The van der Waals surface area contributed by atoms with E-state index >= 15 is 0 Å². The lowest BCUT2D eigenvalue weighted by molar-refractivity contribution is 0.284. The van der Waals surface area contributed by atoms with Crippen molar-refractivity contribution in [1.29, 1.82) is 0 Å². The molecule has 118 valence electrons. The smallest absolute Gasteiger partial charge is 0.161 e. The monoisotopic (exact) mass is 291 g/mol. The number of hydrogen-bond donors (Lipinski definition) is 1. The van der Waals surface area contributed by atoms with Crippen LogP contribution in [0.15, 0.2) is 18.2 Å². The number of benzene rings is 1. The van der Waals surface area contributed by atoms with E-state index < -0.39 is 0 Å². The normalized spacial score (nSPS) is 23.0. The van der Waals surface area contributed by atoms with E-state index in [2.05, 4.69) is 31.4 Å². The predicted octanol–water partition coefficient (Wildman–Crippen LogP) is 4.18. The number of hydrogen-bond acceptors (Lipinski definition) is 3. The van der Waals surface area contributed by atoms with Gasteiger partial charge in [0.1, 0.15) is 0 Å². The highest BCUT2D eigenvalue weighted by molar-refractivity contribution is 5.44. The van der Waals surface area contributed by atoms with E-state index in [4.69, 9.17) is 9.47 Å². The standard InChI is InChI=1S/C18H29NO2/c1-5-20-16-11-10-14(12-17(16)21-6-2)18(19-4)15-9-7-8-13(15)3/h10-13,15,18-19H,5-9H2,1-4H3. The molecule has 1 saturated carbocycles. The van der Waals surface area contributed by atoms with Crippen LogP contribution in [0.4, 0.5) is 0 Å². The van der Waals surface area contributed by atoms with E-state index in [0.717, 1.165) is 17.4 Å². The van der Waals surface area contributed by atoms with Crippen molar-refractivity contribution in [3.63, 3.8) is 0 Å². The Kier molecular flexibility index (Phi) is 5.92. The first kappa shape index (κ1) is 16.2. The Morgan fingerprint density at radius 2 is 1.86 bits per heavy atom. The lowest BCUT2D eigenvalue weighted by Crippen LogP contribution is -2.26. The maximum absolute atomic E-state index is 5.76. The van der Waals surface area contributed by atoms with Gasteiger partial charge in [-0.2, -0.15) is 0 Å². The topological polar surface area (TPSA) is 30.5 Å². The lowest BCUT2D eigenvalue weighted by atomic mass is 9.86. The summed E-state index contributed by atoms with van der Waals surface area (Å²) in [6, 6.07) is 6.78. The Balaban J connectivity index is 2.26. The van der Waals surface area contributed by atoms with Crippen molar-refractivity contribution >= 4 is 0 Å². The Morgan fingerprint density at radius 1 is 1.14 bits per heavy atom. The minimum absolute atomic E-state index is 0.400. The summed E-state index contributed by atoms with van der Waals surface area (Å²) >= 11 is 0. The summed E-state index contributed by atoms with van der Waals surface area (Å²) in [6.45, 7) is 7.71. The zero-order valence-electron chi connectivity index (χ0n) is 13.8. The van der Waals surface area contributed by atoms with E-state index in [-0.39, 0.29) is 0 Å². The van der Waals surface area contributed by atoms with Crippen LogP contribution in [0.2, 0.25) is 0 Å². The lowest BCUT2D eigenvalue weighted by Gasteiger charge is -2.27. The molecular formula is C18H29NO2. The highest BCUT2D eigenvalue weighted by Gasteiger charge is 2.31. The molecule has 1 aromatic carbocycles. The molecule has 3 heteroatoms. The van der Waals surface area contributed by atoms with Gasteiger partial charge in [-0.05, 0) is 56.8 Å². The van der Waals surface area contributed by atoms with Crippen molar-refractivity contribution < 1.29 is 9.47 Å². The Labute approximate surface area is 129 Å². The van der Waals surface area contributed by atoms with Crippen molar-refractivity contribution in [3.05, 3.63) is 23.8 Å². The Hall–Kier alpha value is -1.22. The van der Waals surface area contributed by atoms with Crippen LogP contribution in [0.3, 0.4) is 0 Å².